The Hall–Kier alpha value is -0.800. The Labute approximate surface area is 130 Å². The van der Waals surface area contributed by atoms with Gasteiger partial charge >= 0.3 is 0 Å². The highest BCUT2D eigenvalue weighted by molar-refractivity contribution is 6.31. The summed E-state index contributed by atoms with van der Waals surface area (Å²) in [7, 11) is 0. The molecule has 0 aliphatic carbocycles. The van der Waals surface area contributed by atoms with Crippen LogP contribution in [0.5, 0.6) is 0 Å². The second-order valence-corrected chi connectivity index (χ2v) is 5.72. The molecule has 2 aromatic carbocycles. The van der Waals surface area contributed by atoms with Crippen LogP contribution < -0.4 is 5.32 Å². The van der Waals surface area contributed by atoms with Gasteiger partial charge in [-0.25, -0.2) is 0 Å². The summed E-state index contributed by atoms with van der Waals surface area (Å²) >= 11 is 5.99. The van der Waals surface area contributed by atoms with Gasteiger partial charge in [-0.2, -0.15) is 0 Å². The third kappa shape index (κ3) is 3.26. The Kier molecular flexibility index (Phi) is 5.28. The van der Waals surface area contributed by atoms with Crippen molar-refractivity contribution in [3.05, 3.63) is 47.0 Å². The van der Waals surface area contributed by atoms with Crippen LogP contribution in [-0.4, -0.2) is 18.2 Å². The summed E-state index contributed by atoms with van der Waals surface area (Å²) in [4.78, 5) is 0. The average molecular weight is 312 g/mol. The van der Waals surface area contributed by atoms with E-state index in [0.29, 0.717) is 5.92 Å². The van der Waals surface area contributed by atoms with E-state index in [4.69, 9.17) is 11.6 Å². The SMILES string of the molecule is Cl.OC(c1ccc2cc(Cl)ccc2c1)C1CCNCC1. The minimum Gasteiger partial charge on any atom is -0.388 e. The van der Waals surface area contributed by atoms with Gasteiger partial charge in [0, 0.05) is 5.02 Å². The first-order chi connectivity index (χ1) is 9.24. The summed E-state index contributed by atoms with van der Waals surface area (Å²) in [5, 5.41) is 16.8. The van der Waals surface area contributed by atoms with Crippen LogP contribution in [0.3, 0.4) is 0 Å². The minimum atomic E-state index is -0.359. The summed E-state index contributed by atoms with van der Waals surface area (Å²) in [6.45, 7) is 2.01. The molecule has 1 atom stereocenters. The molecule has 1 fully saturated rings. The first-order valence-electron chi connectivity index (χ1n) is 6.82. The Balaban J connectivity index is 0.00000147. The van der Waals surface area contributed by atoms with Crippen molar-refractivity contribution >= 4 is 34.8 Å². The summed E-state index contributed by atoms with van der Waals surface area (Å²) in [6.07, 6.45) is 1.72. The van der Waals surface area contributed by atoms with Gasteiger partial charge in [0.2, 0.25) is 0 Å². The van der Waals surface area contributed by atoms with Gasteiger partial charge in [0.1, 0.15) is 0 Å². The van der Waals surface area contributed by atoms with E-state index in [-0.39, 0.29) is 18.5 Å². The predicted octanol–water partition coefficient (Wildman–Crippen LogP) is 3.95. The molecular formula is C16H19Cl2NO. The number of fused-ring (bicyclic) bond motifs is 1. The molecule has 2 N–H and O–H groups in total. The van der Waals surface area contributed by atoms with Crippen molar-refractivity contribution in [3.8, 4) is 0 Å². The number of benzene rings is 2. The average Bonchev–Trinajstić information content (AvgIpc) is 2.47. The monoisotopic (exact) mass is 311 g/mol. The molecular weight excluding hydrogens is 293 g/mol. The van der Waals surface area contributed by atoms with Gasteiger partial charge in [0.25, 0.3) is 0 Å². The molecule has 1 saturated heterocycles. The topological polar surface area (TPSA) is 32.3 Å². The van der Waals surface area contributed by atoms with Crippen LogP contribution in [0.2, 0.25) is 5.02 Å². The lowest BCUT2D eigenvalue weighted by atomic mass is 9.87. The van der Waals surface area contributed by atoms with Crippen molar-refractivity contribution in [2.75, 3.05) is 13.1 Å². The van der Waals surface area contributed by atoms with Crippen molar-refractivity contribution in [1.29, 1.82) is 0 Å². The fourth-order valence-electron chi connectivity index (χ4n) is 2.85. The molecule has 2 nitrogen and oxygen atoms in total. The molecule has 2 aromatic rings. The van der Waals surface area contributed by atoms with Crippen molar-refractivity contribution in [2.24, 2.45) is 5.92 Å². The minimum absolute atomic E-state index is 0. The van der Waals surface area contributed by atoms with Gasteiger partial charge in [0.05, 0.1) is 6.10 Å². The van der Waals surface area contributed by atoms with Crippen LogP contribution in [0.1, 0.15) is 24.5 Å². The third-order valence-corrected chi connectivity index (χ3v) is 4.23. The van der Waals surface area contributed by atoms with E-state index >= 15 is 0 Å². The van der Waals surface area contributed by atoms with Crippen molar-refractivity contribution in [1.82, 2.24) is 5.32 Å². The summed E-state index contributed by atoms with van der Waals surface area (Å²) < 4.78 is 0. The first kappa shape index (κ1) is 15.6. The van der Waals surface area contributed by atoms with Crippen LogP contribution in [-0.2, 0) is 0 Å². The molecule has 108 valence electrons. The van der Waals surface area contributed by atoms with E-state index < -0.39 is 0 Å². The number of nitrogens with one attached hydrogen (secondary N) is 1. The van der Waals surface area contributed by atoms with E-state index in [1.54, 1.807) is 0 Å². The molecule has 0 saturated carbocycles. The van der Waals surface area contributed by atoms with Crippen molar-refractivity contribution in [3.63, 3.8) is 0 Å². The molecule has 0 radical (unpaired) electrons. The van der Waals surface area contributed by atoms with Crippen LogP contribution in [0, 0.1) is 5.92 Å². The lowest BCUT2D eigenvalue weighted by Gasteiger charge is -2.27. The molecule has 0 amide bonds. The molecule has 4 heteroatoms. The molecule has 0 spiro atoms. The quantitative estimate of drug-likeness (QED) is 0.880. The number of hydrogen-bond acceptors (Lipinski definition) is 2. The highest BCUT2D eigenvalue weighted by atomic mass is 35.5. The number of aliphatic hydroxyl groups is 1. The van der Waals surface area contributed by atoms with Crippen molar-refractivity contribution in [2.45, 2.75) is 18.9 Å². The van der Waals surface area contributed by atoms with Crippen molar-refractivity contribution < 1.29 is 5.11 Å². The summed E-state index contributed by atoms with van der Waals surface area (Å²) in [6, 6.07) is 12.0. The highest BCUT2D eigenvalue weighted by Gasteiger charge is 2.22. The predicted molar refractivity (Wildman–Crippen MR) is 86.8 cm³/mol. The standard InChI is InChI=1S/C16H18ClNO.ClH/c17-15-4-3-12-9-14(2-1-13(12)10-15)16(19)11-5-7-18-8-6-11;/h1-4,9-11,16,18-19H,5-8H2;1H. The number of hydrogen-bond donors (Lipinski definition) is 2. The first-order valence-corrected chi connectivity index (χ1v) is 7.20. The maximum Gasteiger partial charge on any atom is 0.0819 e. The van der Waals surface area contributed by atoms with E-state index in [2.05, 4.69) is 11.4 Å². The van der Waals surface area contributed by atoms with Crippen LogP contribution in [0.4, 0.5) is 0 Å². The normalized spacial score (nSPS) is 17.7. The second kappa shape index (κ2) is 6.77. The van der Waals surface area contributed by atoms with Gasteiger partial charge in [-0.15, -0.1) is 12.4 Å². The third-order valence-electron chi connectivity index (χ3n) is 4.00. The fraction of sp³-hybridized carbons (Fsp3) is 0.375. The largest absolute Gasteiger partial charge is 0.388 e. The van der Waals surface area contributed by atoms with Gasteiger partial charge < -0.3 is 10.4 Å². The van der Waals surface area contributed by atoms with Crippen LogP contribution >= 0.6 is 24.0 Å². The maximum absolute atomic E-state index is 10.5. The molecule has 0 aromatic heterocycles. The molecule has 3 rings (SSSR count). The summed E-state index contributed by atoms with van der Waals surface area (Å²) in [5.41, 5.74) is 1.02. The molecule has 1 heterocycles. The van der Waals surface area contributed by atoms with Crippen LogP contribution in [0.25, 0.3) is 10.8 Å². The van der Waals surface area contributed by atoms with E-state index in [0.717, 1.165) is 47.3 Å². The number of aliphatic hydroxyl groups excluding tert-OH is 1. The molecule has 1 aliphatic rings. The Bertz CT molecular complexity index is 582. The molecule has 0 bridgehead atoms. The zero-order valence-corrected chi connectivity index (χ0v) is 12.8. The lowest BCUT2D eigenvalue weighted by Crippen LogP contribution is -2.30. The summed E-state index contributed by atoms with van der Waals surface area (Å²) in [5.74, 6) is 0.367. The second-order valence-electron chi connectivity index (χ2n) is 5.28. The lowest BCUT2D eigenvalue weighted by molar-refractivity contribution is 0.0890. The van der Waals surface area contributed by atoms with Gasteiger partial charge in [-0.1, -0.05) is 29.8 Å². The highest BCUT2D eigenvalue weighted by Crippen LogP contribution is 2.31. The smallest absolute Gasteiger partial charge is 0.0819 e. The van der Waals surface area contributed by atoms with Gasteiger partial charge in [0.15, 0.2) is 0 Å². The fourth-order valence-corrected chi connectivity index (χ4v) is 3.03. The number of piperidine rings is 1. The maximum atomic E-state index is 10.5. The zero-order chi connectivity index (χ0) is 13.2. The Morgan fingerprint density at radius 1 is 1.05 bits per heavy atom. The van der Waals surface area contributed by atoms with Crippen LogP contribution in [0.15, 0.2) is 36.4 Å². The number of halogens is 2. The van der Waals surface area contributed by atoms with Gasteiger partial charge in [-0.05, 0) is 66.4 Å². The van der Waals surface area contributed by atoms with E-state index in [1.165, 1.54) is 0 Å². The Morgan fingerprint density at radius 3 is 2.45 bits per heavy atom. The Morgan fingerprint density at radius 2 is 1.70 bits per heavy atom. The molecule has 1 unspecified atom stereocenters. The molecule has 1 aliphatic heterocycles. The van der Waals surface area contributed by atoms with E-state index in [1.807, 2.05) is 30.3 Å². The molecule has 20 heavy (non-hydrogen) atoms. The van der Waals surface area contributed by atoms with E-state index in [9.17, 15) is 5.11 Å². The number of rotatable bonds is 2. The van der Waals surface area contributed by atoms with Gasteiger partial charge in [-0.3, -0.25) is 0 Å². The zero-order valence-electron chi connectivity index (χ0n) is 11.2.